The summed E-state index contributed by atoms with van der Waals surface area (Å²) in [6, 6.07) is 10.6. The zero-order valence-electron chi connectivity index (χ0n) is 13.5. The highest BCUT2D eigenvalue weighted by Gasteiger charge is 2.24. The third-order valence-electron chi connectivity index (χ3n) is 4.40. The Bertz CT molecular complexity index is 382. The molecule has 0 aliphatic rings. The largest absolute Gasteiger partial charge is 0.300 e. The van der Waals surface area contributed by atoms with Crippen LogP contribution in [0.4, 0.5) is 0 Å². The Morgan fingerprint density at radius 3 is 2.40 bits per heavy atom. The number of Topliss-reactive ketones (excluding diaryl/α,β-unsaturated/α-hetero) is 1. The van der Waals surface area contributed by atoms with E-state index in [-0.39, 0.29) is 5.41 Å². The van der Waals surface area contributed by atoms with Crippen molar-refractivity contribution in [2.45, 2.75) is 72.1 Å². The molecule has 0 aliphatic heterocycles. The Morgan fingerprint density at radius 2 is 1.80 bits per heavy atom. The number of carbonyl (C=O) groups is 1. The van der Waals surface area contributed by atoms with E-state index in [0.29, 0.717) is 5.78 Å². The molecule has 1 rings (SSSR count). The quantitative estimate of drug-likeness (QED) is 0.509. The summed E-state index contributed by atoms with van der Waals surface area (Å²) < 4.78 is 0. The lowest BCUT2D eigenvalue weighted by atomic mass is 9.77. The van der Waals surface area contributed by atoms with E-state index in [0.717, 1.165) is 38.5 Å². The van der Waals surface area contributed by atoms with Gasteiger partial charge in [0.15, 0.2) is 0 Å². The number of ketones is 1. The van der Waals surface area contributed by atoms with Crippen molar-refractivity contribution < 1.29 is 4.79 Å². The fourth-order valence-corrected chi connectivity index (χ4v) is 2.62. The van der Waals surface area contributed by atoms with Gasteiger partial charge in [-0.3, -0.25) is 4.79 Å². The Balaban J connectivity index is 2.43. The molecule has 0 saturated heterocycles. The Kier molecular flexibility index (Phi) is 7.58. The SMILES string of the molecule is CCCCCC(=O)CC(C)(CC)CCc1ccccc1. The van der Waals surface area contributed by atoms with Crippen molar-refractivity contribution >= 4 is 5.78 Å². The van der Waals surface area contributed by atoms with Gasteiger partial charge in [0.25, 0.3) is 0 Å². The zero-order valence-corrected chi connectivity index (χ0v) is 13.5. The van der Waals surface area contributed by atoms with Gasteiger partial charge in [-0.1, -0.05) is 70.4 Å². The van der Waals surface area contributed by atoms with Gasteiger partial charge in [0.2, 0.25) is 0 Å². The van der Waals surface area contributed by atoms with Crippen LogP contribution in [0, 0.1) is 5.41 Å². The maximum atomic E-state index is 12.1. The van der Waals surface area contributed by atoms with Crippen LogP contribution in [0.5, 0.6) is 0 Å². The normalized spacial score (nSPS) is 13.9. The van der Waals surface area contributed by atoms with Crippen molar-refractivity contribution in [2.24, 2.45) is 5.41 Å². The number of carbonyl (C=O) groups excluding carboxylic acids is 1. The second kappa shape index (κ2) is 8.94. The molecular weight excluding hydrogens is 244 g/mol. The maximum absolute atomic E-state index is 12.1. The van der Waals surface area contributed by atoms with Crippen molar-refractivity contribution in [3.63, 3.8) is 0 Å². The fourth-order valence-electron chi connectivity index (χ4n) is 2.62. The van der Waals surface area contributed by atoms with Gasteiger partial charge in [-0.05, 0) is 30.2 Å². The lowest BCUT2D eigenvalue weighted by Gasteiger charge is -2.27. The molecule has 112 valence electrons. The van der Waals surface area contributed by atoms with Gasteiger partial charge >= 0.3 is 0 Å². The topological polar surface area (TPSA) is 17.1 Å². The maximum Gasteiger partial charge on any atom is 0.133 e. The highest BCUT2D eigenvalue weighted by molar-refractivity contribution is 5.79. The molecule has 0 saturated carbocycles. The standard InChI is InChI=1S/C19H30O/c1-4-6-8-13-18(20)16-19(3,5-2)15-14-17-11-9-7-10-12-17/h7,9-12H,4-6,8,13-16H2,1-3H3. The molecule has 0 spiro atoms. The Morgan fingerprint density at radius 1 is 1.10 bits per heavy atom. The summed E-state index contributed by atoms with van der Waals surface area (Å²) in [5.41, 5.74) is 1.55. The molecule has 0 aliphatic carbocycles. The van der Waals surface area contributed by atoms with Crippen LogP contribution in [0.1, 0.15) is 71.3 Å². The van der Waals surface area contributed by atoms with E-state index < -0.39 is 0 Å². The fraction of sp³-hybridized carbons (Fsp3) is 0.632. The minimum atomic E-state index is 0.166. The number of hydrogen-bond donors (Lipinski definition) is 0. The molecule has 1 heteroatoms. The molecule has 0 N–H and O–H groups in total. The first-order valence-corrected chi connectivity index (χ1v) is 8.15. The number of rotatable bonds is 10. The molecule has 0 fully saturated rings. The predicted molar refractivity (Wildman–Crippen MR) is 86.9 cm³/mol. The molecule has 0 radical (unpaired) electrons. The molecule has 1 aromatic rings. The molecule has 0 heterocycles. The summed E-state index contributed by atoms with van der Waals surface area (Å²) in [5.74, 6) is 0.455. The second-order valence-electron chi connectivity index (χ2n) is 6.32. The number of unbranched alkanes of at least 4 members (excludes halogenated alkanes) is 2. The molecule has 0 aromatic heterocycles. The predicted octanol–water partition coefficient (Wildman–Crippen LogP) is 5.58. The average molecular weight is 274 g/mol. The molecule has 1 unspecified atom stereocenters. The van der Waals surface area contributed by atoms with Crippen LogP contribution < -0.4 is 0 Å². The summed E-state index contributed by atoms with van der Waals surface area (Å²) in [4.78, 5) is 12.1. The van der Waals surface area contributed by atoms with Crippen LogP contribution >= 0.6 is 0 Å². The highest BCUT2D eigenvalue weighted by Crippen LogP contribution is 2.32. The molecule has 0 bridgehead atoms. The van der Waals surface area contributed by atoms with Crippen molar-refractivity contribution in [2.75, 3.05) is 0 Å². The first kappa shape index (κ1) is 16.9. The van der Waals surface area contributed by atoms with Gasteiger partial charge in [0, 0.05) is 12.8 Å². The van der Waals surface area contributed by atoms with Crippen molar-refractivity contribution in [1.29, 1.82) is 0 Å². The molecule has 1 nitrogen and oxygen atoms in total. The number of benzene rings is 1. The zero-order chi connectivity index (χ0) is 14.8. The van der Waals surface area contributed by atoms with E-state index in [1.807, 2.05) is 0 Å². The van der Waals surface area contributed by atoms with Gasteiger partial charge in [-0.25, -0.2) is 0 Å². The highest BCUT2D eigenvalue weighted by atomic mass is 16.1. The van der Waals surface area contributed by atoms with Crippen LogP contribution in [0.2, 0.25) is 0 Å². The summed E-state index contributed by atoms with van der Waals surface area (Å²) in [5, 5.41) is 0. The van der Waals surface area contributed by atoms with E-state index in [2.05, 4.69) is 51.1 Å². The number of aryl methyl sites for hydroxylation is 1. The van der Waals surface area contributed by atoms with Gasteiger partial charge in [0.1, 0.15) is 5.78 Å². The third-order valence-corrected chi connectivity index (χ3v) is 4.40. The molecule has 20 heavy (non-hydrogen) atoms. The molecular formula is C19H30O. The van der Waals surface area contributed by atoms with Crippen LogP contribution in [-0.4, -0.2) is 5.78 Å². The first-order valence-electron chi connectivity index (χ1n) is 8.15. The van der Waals surface area contributed by atoms with Gasteiger partial charge < -0.3 is 0 Å². The monoisotopic (exact) mass is 274 g/mol. The van der Waals surface area contributed by atoms with Crippen LogP contribution in [-0.2, 0) is 11.2 Å². The van der Waals surface area contributed by atoms with Gasteiger partial charge in [0.05, 0.1) is 0 Å². The van der Waals surface area contributed by atoms with Crippen LogP contribution in [0.3, 0.4) is 0 Å². The molecule has 1 aromatic carbocycles. The smallest absolute Gasteiger partial charge is 0.133 e. The van der Waals surface area contributed by atoms with Crippen molar-refractivity contribution in [3.05, 3.63) is 35.9 Å². The summed E-state index contributed by atoms with van der Waals surface area (Å²) in [6.45, 7) is 6.67. The van der Waals surface area contributed by atoms with Gasteiger partial charge in [-0.2, -0.15) is 0 Å². The third kappa shape index (κ3) is 6.36. The Labute approximate surface area is 124 Å². The summed E-state index contributed by atoms with van der Waals surface area (Å²) in [6.07, 6.45) is 8.22. The molecule has 0 amide bonds. The van der Waals surface area contributed by atoms with Crippen molar-refractivity contribution in [1.82, 2.24) is 0 Å². The summed E-state index contributed by atoms with van der Waals surface area (Å²) >= 11 is 0. The van der Waals surface area contributed by atoms with Gasteiger partial charge in [-0.15, -0.1) is 0 Å². The van der Waals surface area contributed by atoms with E-state index >= 15 is 0 Å². The summed E-state index contributed by atoms with van der Waals surface area (Å²) in [7, 11) is 0. The van der Waals surface area contributed by atoms with Crippen LogP contribution in [0.15, 0.2) is 30.3 Å². The number of hydrogen-bond acceptors (Lipinski definition) is 1. The van der Waals surface area contributed by atoms with E-state index in [9.17, 15) is 4.79 Å². The lowest BCUT2D eigenvalue weighted by Crippen LogP contribution is -2.21. The van der Waals surface area contributed by atoms with E-state index in [1.165, 1.54) is 18.4 Å². The van der Waals surface area contributed by atoms with E-state index in [1.54, 1.807) is 0 Å². The van der Waals surface area contributed by atoms with Crippen LogP contribution in [0.25, 0.3) is 0 Å². The second-order valence-corrected chi connectivity index (χ2v) is 6.32. The minimum Gasteiger partial charge on any atom is -0.300 e. The lowest BCUT2D eigenvalue weighted by molar-refractivity contribution is -0.121. The minimum absolute atomic E-state index is 0.166. The van der Waals surface area contributed by atoms with Crippen molar-refractivity contribution in [3.8, 4) is 0 Å². The Hall–Kier alpha value is -1.11. The average Bonchev–Trinajstić information content (AvgIpc) is 2.46. The molecule has 1 atom stereocenters. The van der Waals surface area contributed by atoms with E-state index in [4.69, 9.17) is 0 Å². The first-order chi connectivity index (χ1) is 9.59.